The molecule has 1 amide bonds. The van der Waals surface area contributed by atoms with E-state index in [1.54, 1.807) is 18.2 Å². The van der Waals surface area contributed by atoms with Gasteiger partial charge in [-0.1, -0.05) is 34.1 Å². The molecule has 21 heavy (non-hydrogen) atoms. The number of benzene rings is 2. The first-order valence-corrected chi connectivity index (χ1v) is 7.81. The molecular formula is C15H14Br2N2O2. The molecule has 3 N–H and O–H groups in total. The third kappa shape index (κ3) is 4.84. The van der Waals surface area contributed by atoms with Gasteiger partial charge in [0.2, 0.25) is 5.91 Å². The molecule has 0 aromatic heterocycles. The standard InChI is InChI=1S/C15H14Br2N2O2/c16-12-4-2-1-3-10(12)8-21-9-15(20)19-14-6-5-11(18)7-13(14)17/h1-7H,8-9,18H2,(H,19,20). The first kappa shape index (κ1) is 16.0. The lowest BCUT2D eigenvalue weighted by Crippen LogP contribution is -2.18. The van der Waals surface area contributed by atoms with Gasteiger partial charge in [0.15, 0.2) is 0 Å². The maximum absolute atomic E-state index is 11.8. The Hall–Kier alpha value is -1.37. The minimum atomic E-state index is -0.215. The fourth-order valence-corrected chi connectivity index (χ4v) is 2.58. The summed E-state index contributed by atoms with van der Waals surface area (Å²) in [5, 5.41) is 2.76. The number of amides is 1. The van der Waals surface area contributed by atoms with Crippen molar-refractivity contribution in [3.8, 4) is 0 Å². The van der Waals surface area contributed by atoms with Crippen LogP contribution in [0.3, 0.4) is 0 Å². The largest absolute Gasteiger partial charge is 0.399 e. The van der Waals surface area contributed by atoms with Gasteiger partial charge in [-0.2, -0.15) is 0 Å². The summed E-state index contributed by atoms with van der Waals surface area (Å²) in [5.74, 6) is -0.215. The molecule has 0 atom stereocenters. The van der Waals surface area contributed by atoms with E-state index in [1.807, 2.05) is 24.3 Å². The number of carbonyl (C=O) groups excluding carboxylic acids is 1. The van der Waals surface area contributed by atoms with Gasteiger partial charge in [0.25, 0.3) is 0 Å². The summed E-state index contributed by atoms with van der Waals surface area (Å²) in [7, 11) is 0. The zero-order valence-corrected chi connectivity index (χ0v) is 14.3. The summed E-state index contributed by atoms with van der Waals surface area (Å²) in [4.78, 5) is 11.8. The normalized spacial score (nSPS) is 10.4. The van der Waals surface area contributed by atoms with Crippen LogP contribution in [0, 0.1) is 0 Å². The summed E-state index contributed by atoms with van der Waals surface area (Å²) >= 11 is 6.78. The number of ether oxygens (including phenoxy) is 1. The summed E-state index contributed by atoms with van der Waals surface area (Å²) in [6.07, 6.45) is 0. The van der Waals surface area contributed by atoms with E-state index in [0.29, 0.717) is 18.0 Å². The second-order valence-electron chi connectivity index (χ2n) is 4.37. The number of nitrogen functional groups attached to an aromatic ring is 1. The van der Waals surface area contributed by atoms with Crippen molar-refractivity contribution in [2.45, 2.75) is 6.61 Å². The Morgan fingerprint density at radius 1 is 1.14 bits per heavy atom. The average Bonchev–Trinajstić information content (AvgIpc) is 2.44. The Labute approximate surface area is 139 Å². The molecule has 0 radical (unpaired) electrons. The predicted molar refractivity (Wildman–Crippen MR) is 91.0 cm³/mol. The van der Waals surface area contributed by atoms with Gasteiger partial charge < -0.3 is 15.8 Å². The molecule has 2 aromatic rings. The van der Waals surface area contributed by atoms with E-state index in [2.05, 4.69) is 37.2 Å². The summed E-state index contributed by atoms with van der Waals surface area (Å²) < 4.78 is 7.12. The van der Waals surface area contributed by atoms with Crippen LogP contribution >= 0.6 is 31.9 Å². The lowest BCUT2D eigenvalue weighted by molar-refractivity contribution is -0.121. The monoisotopic (exact) mass is 412 g/mol. The summed E-state index contributed by atoms with van der Waals surface area (Å²) in [6, 6.07) is 12.9. The third-order valence-corrected chi connectivity index (χ3v) is 4.15. The van der Waals surface area contributed by atoms with E-state index in [1.165, 1.54) is 0 Å². The SMILES string of the molecule is Nc1ccc(NC(=O)COCc2ccccc2Br)c(Br)c1. The van der Waals surface area contributed by atoms with Crippen LogP contribution in [0.1, 0.15) is 5.56 Å². The lowest BCUT2D eigenvalue weighted by Gasteiger charge is -2.09. The van der Waals surface area contributed by atoms with Gasteiger partial charge in [-0.3, -0.25) is 4.79 Å². The van der Waals surface area contributed by atoms with Crippen molar-refractivity contribution in [3.63, 3.8) is 0 Å². The number of nitrogens with one attached hydrogen (secondary N) is 1. The molecule has 0 unspecified atom stereocenters. The van der Waals surface area contributed by atoms with Crippen molar-refractivity contribution >= 4 is 49.1 Å². The van der Waals surface area contributed by atoms with Crippen LogP contribution in [-0.2, 0) is 16.1 Å². The maximum atomic E-state index is 11.8. The van der Waals surface area contributed by atoms with Gasteiger partial charge >= 0.3 is 0 Å². The van der Waals surface area contributed by atoms with Gasteiger partial charge in [0.1, 0.15) is 6.61 Å². The molecule has 6 heteroatoms. The van der Waals surface area contributed by atoms with Crippen LogP contribution in [0.2, 0.25) is 0 Å². The first-order valence-electron chi connectivity index (χ1n) is 6.22. The second-order valence-corrected chi connectivity index (χ2v) is 6.08. The van der Waals surface area contributed by atoms with E-state index < -0.39 is 0 Å². The quantitative estimate of drug-likeness (QED) is 0.729. The van der Waals surface area contributed by atoms with Gasteiger partial charge in [-0.05, 0) is 45.8 Å². The average molecular weight is 414 g/mol. The van der Waals surface area contributed by atoms with Gasteiger partial charge in [-0.25, -0.2) is 0 Å². The Morgan fingerprint density at radius 2 is 1.90 bits per heavy atom. The van der Waals surface area contributed by atoms with Crippen LogP contribution < -0.4 is 11.1 Å². The molecule has 4 nitrogen and oxygen atoms in total. The second kappa shape index (κ2) is 7.59. The zero-order valence-electron chi connectivity index (χ0n) is 11.1. The molecule has 0 aliphatic rings. The third-order valence-electron chi connectivity index (χ3n) is 2.72. The van der Waals surface area contributed by atoms with Crippen LogP contribution in [0.4, 0.5) is 11.4 Å². The summed E-state index contributed by atoms with van der Waals surface area (Å²) in [6.45, 7) is 0.357. The van der Waals surface area contributed by atoms with Crippen molar-refractivity contribution in [3.05, 3.63) is 57.0 Å². The highest BCUT2D eigenvalue weighted by Crippen LogP contribution is 2.24. The zero-order chi connectivity index (χ0) is 15.2. The van der Waals surface area contributed by atoms with E-state index >= 15 is 0 Å². The van der Waals surface area contributed by atoms with Crippen molar-refractivity contribution in [1.82, 2.24) is 0 Å². The number of hydrogen-bond acceptors (Lipinski definition) is 3. The highest BCUT2D eigenvalue weighted by molar-refractivity contribution is 9.10. The molecule has 0 fully saturated rings. The molecule has 0 saturated heterocycles. The van der Waals surface area contributed by atoms with Gasteiger partial charge in [0.05, 0.1) is 12.3 Å². The van der Waals surface area contributed by atoms with Crippen LogP contribution in [0.15, 0.2) is 51.4 Å². The fourth-order valence-electron chi connectivity index (χ4n) is 1.69. The first-order chi connectivity index (χ1) is 10.1. The molecule has 110 valence electrons. The fraction of sp³-hybridized carbons (Fsp3) is 0.133. The molecule has 0 aliphatic heterocycles. The smallest absolute Gasteiger partial charge is 0.250 e. The predicted octanol–water partition coefficient (Wildman–Crippen LogP) is 3.95. The van der Waals surface area contributed by atoms with E-state index in [4.69, 9.17) is 10.5 Å². The highest BCUT2D eigenvalue weighted by Gasteiger charge is 2.07. The minimum Gasteiger partial charge on any atom is -0.399 e. The number of halogens is 2. The Balaban J connectivity index is 1.84. The minimum absolute atomic E-state index is 0.0157. The highest BCUT2D eigenvalue weighted by atomic mass is 79.9. The Bertz CT molecular complexity index is 647. The lowest BCUT2D eigenvalue weighted by atomic mass is 10.2. The molecule has 0 saturated carbocycles. The van der Waals surface area contributed by atoms with Gasteiger partial charge in [-0.15, -0.1) is 0 Å². The number of hydrogen-bond donors (Lipinski definition) is 2. The van der Waals surface area contributed by atoms with E-state index in [9.17, 15) is 4.79 Å². The van der Waals surface area contributed by atoms with Crippen molar-refractivity contribution in [1.29, 1.82) is 0 Å². The van der Waals surface area contributed by atoms with E-state index in [-0.39, 0.29) is 12.5 Å². The van der Waals surface area contributed by atoms with Gasteiger partial charge in [0, 0.05) is 14.6 Å². The molecule has 2 rings (SSSR count). The molecule has 0 bridgehead atoms. The van der Waals surface area contributed by atoms with Crippen LogP contribution in [0.5, 0.6) is 0 Å². The topological polar surface area (TPSA) is 64.3 Å². The van der Waals surface area contributed by atoms with Crippen LogP contribution in [0.25, 0.3) is 0 Å². The van der Waals surface area contributed by atoms with Crippen molar-refractivity contribution < 1.29 is 9.53 Å². The van der Waals surface area contributed by atoms with Crippen molar-refractivity contribution in [2.24, 2.45) is 0 Å². The van der Waals surface area contributed by atoms with Crippen LogP contribution in [-0.4, -0.2) is 12.5 Å². The molecular weight excluding hydrogens is 400 g/mol. The number of carbonyl (C=O) groups is 1. The molecule has 0 spiro atoms. The van der Waals surface area contributed by atoms with Crippen molar-refractivity contribution in [2.75, 3.05) is 17.7 Å². The van der Waals surface area contributed by atoms with E-state index in [0.717, 1.165) is 14.5 Å². The molecule has 0 aliphatic carbocycles. The maximum Gasteiger partial charge on any atom is 0.250 e. The Morgan fingerprint density at radius 3 is 2.62 bits per heavy atom. The number of rotatable bonds is 5. The number of nitrogens with two attached hydrogens (primary N) is 1. The Kier molecular flexibility index (Phi) is 5.78. The summed E-state index contributed by atoms with van der Waals surface area (Å²) in [5.41, 5.74) is 7.94. The number of anilines is 2. The molecule has 0 heterocycles. The molecule has 2 aromatic carbocycles.